The fourth-order valence-electron chi connectivity index (χ4n) is 3.87. The summed E-state index contributed by atoms with van der Waals surface area (Å²) in [5.74, 6) is -0.0452. The molecule has 1 aliphatic heterocycles. The minimum absolute atomic E-state index is 0.0114. The molecular formula is C26H24N2O2. The van der Waals surface area contributed by atoms with Crippen LogP contribution in [0.1, 0.15) is 36.2 Å². The van der Waals surface area contributed by atoms with Gasteiger partial charge >= 0.3 is 0 Å². The molecule has 2 amide bonds. The van der Waals surface area contributed by atoms with E-state index in [1.807, 2.05) is 105 Å². The van der Waals surface area contributed by atoms with Gasteiger partial charge in [0.1, 0.15) is 0 Å². The Morgan fingerprint density at radius 2 is 1.47 bits per heavy atom. The summed E-state index contributed by atoms with van der Waals surface area (Å²) in [6, 6.07) is 26.5. The SMILES string of the molecule is CCC(=O)N(C1=C[C@H](C)N(C(=O)c2ccccc2)c2ccccc21)c1ccccc1. The maximum atomic E-state index is 13.3. The molecule has 150 valence electrons. The predicted octanol–water partition coefficient (Wildman–Crippen LogP) is 5.52. The van der Waals surface area contributed by atoms with E-state index in [1.54, 1.807) is 9.80 Å². The third kappa shape index (κ3) is 3.52. The Bertz CT molecular complexity index is 1090. The molecule has 0 unspecified atom stereocenters. The van der Waals surface area contributed by atoms with Crippen molar-refractivity contribution in [2.75, 3.05) is 9.80 Å². The van der Waals surface area contributed by atoms with Gasteiger partial charge in [-0.1, -0.05) is 61.5 Å². The topological polar surface area (TPSA) is 40.6 Å². The first-order valence-electron chi connectivity index (χ1n) is 10.2. The number of para-hydroxylation sites is 2. The molecular weight excluding hydrogens is 372 g/mol. The van der Waals surface area contributed by atoms with Gasteiger partial charge in [0.15, 0.2) is 0 Å². The molecule has 1 atom stereocenters. The van der Waals surface area contributed by atoms with Gasteiger partial charge in [0.2, 0.25) is 5.91 Å². The summed E-state index contributed by atoms with van der Waals surface area (Å²) in [6.45, 7) is 3.85. The normalized spacial score (nSPS) is 15.2. The Morgan fingerprint density at radius 1 is 0.867 bits per heavy atom. The first kappa shape index (κ1) is 19.6. The van der Waals surface area contributed by atoms with Crippen LogP contribution < -0.4 is 9.80 Å². The highest BCUT2D eigenvalue weighted by Crippen LogP contribution is 2.39. The van der Waals surface area contributed by atoms with E-state index < -0.39 is 0 Å². The molecule has 0 N–H and O–H groups in total. The van der Waals surface area contributed by atoms with E-state index in [0.717, 1.165) is 22.6 Å². The highest BCUT2D eigenvalue weighted by Gasteiger charge is 2.32. The average molecular weight is 396 g/mol. The van der Waals surface area contributed by atoms with E-state index >= 15 is 0 Å². The number of fused-ring (bicyclic) bond motifs is 1. The molecule has 4 nitrogen and oxygen atoms in total. The van der Waals surface area contributed by atoms with Gasteiger partial charge in [-0.15, -0.1) is 0 Å². The fraction of sp³-hybridized carbons (Fsp3) is 0.154. The van der Waals surface area contributed by atoms with Crippen molar-refractivity contribution in [2.45, 2.75) is 26.3 Å². The third-order valence-electron chi connectivity index (χ3n) is 5.29. The van der Waals surface area contributed by atoms with Crippen LogP contribution in [-0.2, 0) is 4.79 Å². The summed E-state index contributed by atoms with van der Waals surface area (Å²) in [5.41, 5.74) is 3.95. The molecule has 0 radical (unpaired) electrons. The van der Waals surface area contributed by atoms with E-state index in [-0.39, 0.29) is 17.9 Å². The van der Waals surface area contributed by atoms with E-state index in [0.29, 0.717) is 12.0 Å². The van der Waals surface area contributed by atoms with Gasteiger partial charge in [-0.3, -0.25) is 14.5 Å². The molecule has 0 saturated heterocycles. The van der Waals surface area contributed by atoms with Gasteiger partial charge in [-0.25, -0.2) is 0 Å². The summed E-state index contributed by atoms with van der Waals surface area (Å²) in [5, 5.41) is 0. The number of benzene rings is 3. The van der Waals surface area contributed by atoms with Crippen LogP contribution in [0, 0.1) is 0 Å². The van der Waals surface area contributed by atoms with Crippen molar-refractivity contribution < 1.29 is 9.59 Å². The number of hydrogen-bond acceptors (Lipinski definition) is 2. The van der Waals surface area contributed by atoms with Crippen molar-refractivity contribution >= 4 is 28.9 Å². The largest absolute Gasteiger partial charge is 0.301 e. The Balaban J connectivity index is 1.84. The van der Waals surface area contributed by atoms with Crippen LogP contribution >= 0.6 is 0 Å². The van der Waals surface area contributed by atoms with Crippen LogP contribution in [0.4, 0.5) is 11.4 Å². The van der Waals surface area contributed by atoms with Gasteiger partial charge in [-0.05, 0) is 43.3 Å². The minimum Gasteiger partial charge on any atom is -0.301 e. The lowest BCUT2D eigenvalue weighted by Crippen LogP contribution is -2.42. The average Bonchev–Trinajstić information content (AvgIpc) is 2.80. The molecule has 0 bridgehead atoms. The second-order valence-electron chi connectivity index (χ2n) is 7.27. The van der Waals surface area contributed by atoms with Gasteiger partial charge in [0, 0.05) is 23.2 Å². The van der Waals surface area contributed by atoms with Crippen molar-refractivity contribution in [3.8, 4) is 0 Å². The standard InChI is InChI=1S/C26H24N2O2/c1-3-25(29)28(21-14-8-5-9-15-21)24-18-19(2)27(23-17-11-10-16-22(23)24)26(30)20-12-6-4-7-13-20/h4-19H,3H2,1-2H3/t19-/m0/s1. The molecule has 0 spiro atoms. The third-order valence-corrected chi connectivity index (χ3v) is 5.29. The monoisotopic (exact) mass is 396 g/mol. The maximum absolute atomic E-state index is 13.3. The fourth-order valence-corrected chi connectivity index (χ4v) is 3.87. The number of anilines is 2. The van der Waals surface area contributed by atoms with E-state index in [1.165, 1.54) is 0 Å². The number of amides is 2. The molecule has 0 aromatic heterocycles. The van der Waals surface area contributed by atoms with Crippen LogP contribution in [0.3, 0.4) is 0 Å². The molecule has 1 heterocycles. The first-order chi connectivity index (χ1) is 14.6. The van der Waals surface area contributed by atoms with Gasteiger partial charge < -0.3 is 4.90 Å². The smallest absolute Gasteiger partial charge is 0.258 e. The molecule has 0 saturated carbocycles. The van der Waals surface area contributed by atoms with Crippen molar-refractivity contribution in [3.63, 3.8) is 0 Å². The summed E-state index contributed by atoms with van der Waals surface area (Å²) in [6.07, 6.45) is 2.39. The second kappa shape index (κ2) is 8.37. The van der Waals surface area contributed by atoms with Crippen LogP contribution in [0.15, 0.2) is 91.0 Å². The predicted molar refractivity (Wildman–Crippen MR) is 121 cm³/mol. The van der Waals surface area contributed by atoms with E-state index in [4.69, 9.17) is 0 Å². The molecule has 0 aliphatic carbocycles. The first-order valence-corrected chi connectivity index (χ1v) is 10.2. The number of nitrogens with zero attached hydrogens (tertiary/aromatic N) is 2. The Labute approximate surface area is 177 Å². The molecule has 3 aromatic rings. The van der Waals surface area contributed by atoms with Crippen LogP contribution in [0.25, 0.3) is 5.70 Å². The van der Waals surface area contributed by atoms with Crippen LogP contribution in [0.5, 0.6) is 0 Å². The molecule has 4 rings (SSSR count). The Hall–Kier alpha value is -3.66. The molecule has 1 aliphatic rings. The number of rotatable bonds is 4. The lowest BCUT2D eigenvalue weighted by atomic mass is 9.97. The van der Waals surface area contributed by atoms with E-state index in [9.17, 15) is 9.59 Å². The summed E-state index contributed by atoms with van der Waals surface area (Å²) >= 11 is 0. The highest BCUT2D eigenvalue weighted by atomic mass is 16.2. The lowest BCUT2D eigenvalue weighted by Gasteiger charge is -2.37. The number of carbonyl (C=O) groups is 2. The lowest BCUT2D eigenvalue weighted by molar-refractivity contribution is -0.117. The van der Waals surface area contributed by atoms with Gasteiger partial charge in [0.05, 0.1) is 17.4 Å². The van der Waals surface area contributed by atoms with Gasteiger partial charge in [0.25, 0.3) is 5.91 Å². The van der Waals surface area contributed by atoms with Crippen molar-refractivity contribution in [1.82, 2.24) is 0 Å². The minimum atomic E-state index is -0.210. The quantitative estimate of drug-likeness (QED) is 0.583. The van der Waals surface area contributed by atoms with E-state index in [2.05, 4.69) is 0 Å². The highest BCUT2D eigenvalue weighted by molar-refractivity contribution is 6.13. The van der Waals surface area contributed by atoms with Crippen LogP contribution in [0.2, 0.25) is 0 Å². The molecule has 3 aromatic carbocycles. The maximum Gasteiger partial charge on any atom is 0.258 e. The summed E-state index contributed by atoms with van der Waals surface area (Å²) < 4.78 is 0. The van der Waals surface area contributed by atoms with Crippen molar-refractivity contribution in [1.29, 1.82) is 0 Å². The Morgan fingerprint density at radius 3 is 2.13 bits per heavy atom. The molecule has 0 fully saturated rings. The zero-order valence-electron chi connectivity index (χ0n) is 17.2. The zero-order valence-corrected chi connectivity index (χ0v) is 17.2. The van der Waals surface area contributed by atoms with Gasteiger partial charge in [-0.2, -0.15) is 0 Å². The van der Waals surface area contributed by atoms with Crippen molar-refractivity contribution in [2.24, 2.45) is 0 Å². The van der Waals surface area contributed by atoms with Crippen molar-refractivity contribution in [3.05, 3.63) is 102 Å². The number of carbonyl (C=O) groups excluding carboxylic acids is 2. The number of hydrogen-bond donors (Lipinski definition) is 0. The Kier molecular flexibility index (Phi) is 5.48. The molecule has 30 heavy (non-hydrogen) atoms. The second-order valence-corrected chi connectivity index (χ2v) is 7.27. The summed E-state index contributed by atoms with van der Waals surface area (Å²) in [4.78, 5) is 29.9. The summed E-state index contributed by atoms with van der Waals surface area (Å²) in [7, 11) is 0. The zero-order chi connectivity index (χ0) is 21.1. The van der Waals surface area contributed by atoms with Crippen LogP contribution in [-0.4, -0.2) is 17.9 Å². The molecule has 4 heteroatoms.